The summed E-state index contributed by atoms with van der Waals surface area (Å²) < 4.78 is 31.6. The summed E-state index contributed by atoms with van der Waals surface area (Å²) in [4.78, 5) is 0.158. The van der Waals surface area contributed by atoms with E-state index in [1.807, 2.05) is 0 Å². The summed E-state index contributed by atoms with van der Waals surface area (Å²) >= 11 is 0. The van der Waals surface area contributed by atoms with Crippen molar-refractivity contribution in [2.45, 2.75) is 25.2 Å². The van der Waals surface area contributed by atoms with Gasteiger partial charge in [0.2, 0.25) is 10.0 Å². The third kappa shape index (κ3) is 2.69. The van der Waals surface area contributed by atoms with Crippen LogP contribution in [0.5, 0.6) is 5.75 Å². The Bertz CT molecular complexity index is 582. The van der Waals surface area contributed by atoms with E-state index >= 15 is 0 Å². The van der Waals surface area contributed by atoms with Crippen LogP contribution in [-0.2, 0) is 10.0 Å². The smallest absolute Gasteiger partial charge is 0.245 e. The molecule has 1 fully saturated rings. The van der Waals surface area contributed by atoms with E-state index in [1.165, 1.54) is 23.5 Å². The van der Waals surface area contributed by atoms with E-state index in [9.17, 15) is 8.42 Å². The first-order valence-electron chi connectivity index (χ1n) is 6.20. The number of hydrogen-bond acceptors (Lipinski definition) is 4. The highest BCUT2D eigenvalue weighted by Crippen LogP contribution is 2.34. The fourth-order valence-electron chi connectivity index (χ4n) is 2.30. The molecule has 2 rings (SSSR count). The highest BCUT2D eigenvalue weighted by atomic mass is 32.2. The first kappa shape index (κ1) is 14.1. The Kier molecular flexibility index (Phi) is 3.49. The fraction of sp³-hybridized carbons (Fsp3) is 0.538. The van der Waals surface area contributed by atoms with E-state index in [2.05, 4.69) is 13.8 Å². The van der Waals surface area contributed by atoms with Gasteiger partial charge in [0.05, 0.1) is 12.8 Å². The first-order chi connectivity index (χ1) is 8.76. The van der Waals surface area contributed by atoms with Crippen molar-refractivity contribution in [3.05, 3.63) is 18.2 Å². The molecule has 0 bridgehead atoms. The number of nitrogens with two attached hydrogens (primary N) is 1. The van der Waals surface area contributed by atoms with Crippen molar-refractivity contribution in [3.63, 3.8) is 0 Å². The topological polar surface area (TPSA) is 72.6 Å². The number of benzene rings is 1. The Labute approximate surface area is 114 Å². The molecule has 0 unspecified atom stereocenters. The average Bonchev–Trinajstić information content (AvgIpc) is 2.69. The Balaban J connectivity index is 2.35. The van der Waals surface area contributed by atoms with Crippen LogP contribution in [0.3, 0.4) is 0 Å². The van der Waals surface area contributed by atoms with Crippen LogP contribution in [0.2, 0.25) is 0 Å². The highest BCUT2D eigenvalue weighted by Gasteiger charge is 2.37. The zero-order valence-corrected chi connectivity index (χ0v) is 12.3. The van der Waals surface area contributed by atoms with Crippen LogP contribution in [0.4, 0.5) is 5.69 Å². The van der Waals surface area contributed by atoms with Gasteiger partial charge in [0, 0.05) is 19.2 Å². The second-order valence-electron chi connectivity index (χ2n) is 5.66. The molecule has 1 aliphatic heterocycles. The van der Waals surface area contributed by atoms with Gasteiger partial charge in [-0.2, -0.15) is 4.31 Å². The van der Waals surface area contributed by atoms with Crippen LogP contribution in [0, 0.1) is 5.41 Å². The number of nitrogens with zero attached hydrogens (tertiary/aromatic N) is 1. The molecule has 0 radical (unpaired) electrons. The molecule has 1 aromatic carbocycles. The zero-order chi connectivity index (χ0) is 14.3. The van der Waals surface area contributed by atoms with E-state index < -0.39 is 10.0 Å². The van der Waals surface area contributed by atoms with Crippen LogP contribution in [0.15, 0.2) is 23.1 Å². The Morgan fingerprint density at radius 2 is 2.05 bits per heavy atom. The summed E-state index contributed by atoms with van der Waals surface area (Å²) in [5.41, 5.74) is 6.08. The van der Waals surface area contributed by atoms with Crippen molar-refractivity contribution >= 4 is 15.7 Å². The maximum Gasteiger partial charge on any atom is 0.245 e. The molecule has 0 amide bonds. The standard InChI is InChI=1S/C13H20N2O3S/c1-13(2)6-7-15(9-13)19(16,17)12-5-4-10(18-3)8-11(12)14/h4-5,8H,6-7,9,14H2,1-3H3. The zero-order valence-electron chi connectivity index (χ0n) is 11.5. The molecule has 0 aliphatic carbocycles. The van der Waals surface area contributed by atoms with Gasteiger partial charge < -0.3 is 10.5 Å². The van der Waals surface area contributed by atoms with Crippen molar-refractivity contribution in [1.82, 2.24) is 4.31 Å². The largest absolute Gasteiger partial charge is 0.497 e. The molecule has 5 nitrogen and oxygen atoms in total. The molecule has 0 saturated carbocycles. The van der Waals surface area contributed by atoms with Crippen molar-refractivity contribution in [3.8, 4) is 5.75 Å². The Morgan fingerprint density at radius 1 is 1.37 bits per heavy atom. The quantitative estimate of drug-likeness (QED) is 0.857. The predicted octanol–water partition coefficient (Wildman–Crippen LogP) is 1.70. The monoisotopic (exact) mass is 284 g/mol. The van der Waals surface area contributed by atoms with Crippen LogP contribution in [0.1, 0.15) is 20.3 Å². The number of hydrogen-bond donors (Lipinski definition) is 1. The summed E-state index contributed by atoms with van der Waals surface area (Å²) in [6, 6.07) is 4.66. The van der Waals surface area contributed by atoms with E-state index in [1.54, 1.807) is 6.07 Å². The molecule has 19 heavy (non-hydrogen) atoms. The number of ether oxygens (including phenoxy) is 1. The minimum absolute atomic E-state index is 0.0221. The minimum atomic E-state index is -3.51. The maximum absolute atomic E-state index is 12.5. The predicted molar refractivity (Wildman–Crippen MR) is 74.6 cm³/mol. The van der Waals surface area contributed by atoms with Gasteiger partial charge in [0.1, 0.15) is 10.6 Å². The van der Waals surface area contributed by atoms with Crippen molar-refractivity contribution in [1.29, 1.82) is 0 Å². The van der Waals surface area contributed by atoms with Gasteiger partial charge in [-0.1, -0.05) is 13.8 Å². The van der Waals surface area contributed by atoms with Crippen LogP contribution in [0.25, 0.3) is 0 Å². The van der Waals surface area contributed by atoms with Gasteiger partial charge >= 0.3 is 0 Å². The van der Waals surface area contributed by atoms with Crippen LogP contribution >= 0.6 is 0 Å². The van der Waals surface area contributed by atoms with E-state index in [-0.39, 0.29) is 16.0 Å². The molecule has 0 atom stereocenters. The molecule has 1 aliphatic rings. The van der Waals surface area contributed by atoms with Gasteiger partial charge in [0.25, 0.3) is 0 Å². The van der Waals surface area contributed by atoms with Crippen LogP contribution < -0.4 is 10.5 Å². The lowest BCUT2D eigenvalue weighted by atomic mass is 9.93. The molecule has 1 aromatic rings. The van der Waals surface area contributed by atoms with Crippen LogP contribution in [-0.4, -0.2) is 32.9 Å². The van der Waals surface area contributed by atoms with Crippen molar-refractivity contribution < 1.29 is 13.2 Å². The number of rotatable bonds is 3. The van der Waals surface area contributed by atoms with E-state index in [4.69, 9.17) is 10.5 Å². The number of anilines is 1. The average molecular weight is 284 g/mol. The minimum Gasteiger partial charge on any atom is -0.497 e. The lowest BCUT2D eigenvalue weighted by molar-refractivity contribution is 0.375. The van der Waals surface area contributed by atoms with Crippen molar-refractivity contribution in [2.24, 2.45) is 5.41 Å². The van der Waals surface area contributed by atoms with E-state index in [0.717, 1.165) is 6.42 Å². The van der Waals surface area contributed by atoms with E-state index in [0.29, 0.717) is 18.8 Å². The first-order valence-corrected chi connectivity index (χ1v) is 7.64. The number of nitrogen functional groups attached to an aromatic ring is 1. The Hall–Kier alpha value is -1.27. The summed E-state index contributed by atoms with van der Waals surface area (Å²) in [5.74, 6) is 0.554. The lowest BCUT2D eigenvalue weighted by Crippen LogP contribution is -2.30. The molecule has 2 N–H and O–H groups in total. The SMILES string of the molecule is COc1ccc(S(=O)(=O)N2CCC(C)(C)C2)c(N)c1. The molecule has 1 saturated heterocycles. The molecule has 0 aromatic heterocycles. The molecular formula is C13H20N2O3S. The van der Waals surface area contributed by atoms with Gasteiger partial charge in [-0.25, -0.2) is 8.42 Å². The van der Waals surface area contributed by atoms with Gasteiger partial charge in [0.15, 0.2) is 0 Å². The molecule has 6 heteroatoms. The maximum atomic E-state index is 12.5. The second kappa shape index (κ2) is 4.68. The third-order valence-electron chi connectivity index (χ3n) is 3.48. The second-order valence-corrected chi connectivity index (χ2v) is 7.56. The van der Waals surface area contributed by atoms with Crippen molar-refractivity contribution in [2.75, 3.05) is 25.9 Å². The lowest BCUT2D eigenvalue weighted by Gasteiger charge is -2.20. The molecule has 106 valence electrons. The summed E-state index contributed by atoms with van der Waals surface area (Å²) in [7, 11) is -1.99. The summed E-state index contributed by atoms with van der Waals surface area (Å²) in [6.07, 6.45) is 0.863. The fourth-order valence-corrected chi connectivity index (χ4v) is 4.02. The molecule has 1 heterocycles. The Morgan fingerprint density at radius 3 is 2.53 bits per heavy atom. The molecular weight excluding hydrogens is 264 g/mol. The number of sulfonamides is 1. The van der Waals surface area contributed by atoms with Gasteiger partial charge in [-0.3, -0.25) is 0 Å². The number of methoxy groups -OCH3 is 1. The highest BCUT2D eigenvalue weighted by molar-refractivity contribution is 7.89. The summed E-state index contributed by atoms with van der Waals surface area (Å²) in [6.45, 7) is 5.21. The van der Waals surface area contributed by atoms with Gasteiger partial charge in [-0.05, 0) is 24.0 Å². The summed E-state index contributed by atoms with van der Waals surface area (Å²) in [5, 5.41) is 0. The van der Waals surface area contributed by atoms with Gasteiger partial charge in [-0.15, -0.1) is 0 Å². The molecule has 0 spiro atoms. The normalized spacial score (nSPS) is 19.5. The third-order valence-corrected chi connectivity index (χ3v) is 5.40.